The molecular weight excluding hydrogens is 255 g/mol. The lowest BCUT2D eigenvalue weighted by Gasteiger charge is -2.53. The fourth-order valence-corrected chi connectivity index (χ4v) is 2.82. The van der Waals surface area contributed by atoms with E-state index in [9.17, 15) is 13.2 Å². The minimum absolute atomic E-state index is 0.0341. The van der Waals surface area contributed by atoms with Crippen LogP contribution in [0.25, 0.3) is 0 Å². The fraction of sp³-hybridized carbons (Fsp3) is 0.571. The minimum Gasteiger partial charge on any atom is -0.406 e. The van der Waals surface area contributed by atoms with Crippen LogP contribution in [0.2, 0.25) is 0 Å². The Hall–Kier alpha value is -1.23. The zero-order valence-electron chi connectivity index (χ0n) is 11.0. The Bertz CT molecular complexity index is 443. The smallest absolute Gasteiger partial charge is 0.406 e. The van der Waals surface area contributed by atoms with E-state index in [1.54, 1.807) is 12.1 Å². The Balaban J connectivity index is 2.12. The van der Waals surface area contributed by atoms with Gasteiger partial charge in [-0.25, -0.2) is 0 Å². The van der Waals surface area contributed by atoms with Crippen LogP contribution in [0.5, 0.6) is 5.75 Å². The molecule has 0 heterocycles. The van der Waals surface area contributed by atoms with E-state index in [4.69, 9.17) is 5.73 Å². The van der Waals surface area contributed by atoms with E-state index in [0.29, 0.717) is 5.92 Å². The molecule has 2 rings (SSSR count). The highest BCUT2D eigenvalue weighted by Gasteiger charge is 2.48. The zero-order valence-corrected chi connectivity index (χ0v) is 11.0. The number of alkyl halides is 3. The van der Waals surface area contributed by atoms with Crippen molar-refractivity contribution in [3.63, 3.8) is 0 Å². The van der Waals surface area contributed by atoms with Crippen molar-refractivity contribution in [3.8, 4) is 5.75 Å². The molecule has 1 fully saturated rings. The Morgan fingerprint density at radius 3 is 2.32 bits per heavy atom. The second-order valence-corrected chi connectivity index (χ2v) is 5.37. The van der Waals surface area contributed by atoms with Crippen molar-refractivity contribution in [2.75, 3.05) is 0 Å². The van der Waals surface area contributed by atoms with Crippen LogP contribution in [-0.2, 0) is 0 Å². The maximum atomic E-state index is 12.1. The van der Waals surface area contributed by atoms with E-state index >= 15 is 0 Å². The second kappa shape index (κ2) is 4.71. The van der Waals surface area contributed by atoms with E-state index in [-0.39, 0.29) is 17.2 Å². The molecule has 0 radical (unpaired) electrons. The Labute approximate surface area is 110 Å². The molecule has 2 N–H and O–H groups in total. The average molecular weight is 273 g/mol. The molecule has 19 heavy (non-hydrogen) atoms. The molecule has 0 saturated heterocycles. The number of hydrogen-bond acceptors (Lipinski definition) is 2. The van der Waals surface area contributed by atoms with Gasteiger partial charge in [0.1, 0.15) is 5.75 Å². The molecule has 1 aliphatic carbocycles. The molecule has 3 unspecified atom stereocenters. The van der Waals surface area contributed by atoms with E-state index < -0.39 is 6.36 Å². The van der Waals surface area contributed by atoms with Gasteiger partial charge >= 0.3 is 6.36 Å². The first-order valence-corrected chi connectivity index (χ1v) is 6.37. The van der Waals surface area contributed by atoms with Crippen LogP contribution in [0.1, 0.15) is 38.2 Å². The van der Waals surface area contributed by atoms with Crippen LogP contribution >= 0.6 is 0 Å². The Morgan fingerprint density at radius 2 is 1.89 bits per heavy atom. The van der Waals surface area contributed by atoms with E-state index in [1.165, 1.54) is 12.1 Å². The van der Waals surface area contributed by atoms with Gasteiger partial charge in [-0.3, -0.25) is 0 Å². The molecule has 1 aromatic rings. The van der Waals surface area contributed by atoms with Crippen molar-refractivity contribution >= 4 is 0 Å². The SMILES string of the molecule is CCC1(C)C(N)CC1c1ccc(OC(F)(F)F)cc1. The standard InChI is InChI=1S/C14H18F3NO/c1-3-13(2)11(8-12(13)18)9-4-6-10(7-5-9)19-14(15,16)17/h4-7,11-12H,3,8,18H2,1-2H3. The van der Waals surface area contributed by atoms with Gasteiger partial charge in [-0.1, -0.05) is 26.0 Å². The van der Waals surface area contributed by atoms with Crippen LogP contribution in [0.4, 0.5) is 13.2 Å². The van der Waals surface area contributed by atoms with Crippen molar-refractivity contribution in [2.45, 2.75) is 45.0 Å². The highest BCUT2D eigenvalue weighted by molar-refractivity contribution is 5.33. The third-order valence-corrected chi connectivity index (χ3v) is 4.41. The van der Waals surface area contributed by atoms with E-state index in [2.05, 4.69) is 18.6 Å². The lowest BCUT2D eigenvalue weighted by Crippen LogP contribution is -2.54. The third kappa shape index (κ3) is 2.71. The maximum absolute atomic E-state index is 12.1. The predicted molar refractivity (Wildman–Crippen MR) is 66.9 cm³/mol. The summed E-state index contributed by atoms with van der Waals surface area (Å²) in [5.41, 5.74) is 7.10. The van der Waals surface area contributed by atoms with Gasteiger partial charge in [-0.05, 0) is 41.9 Å². The molecule has 1 aromatic carbocycles. The quantitative estimate of drug-likeness (QED) is 0.908. The van der Waals surface area contributed by atoms with Crippen molar-refractivity contribution in [1.29, 1.82) is 0 Å². The van der Waals surface area contributed by atoms with Gasteiger partial charge in [0.15, 0.2) is 0 Å². The van der Waals surface area contributed by atoms with E-state index in [1.807, 2.05) is 0 Å². The third-order valence-electron chi connectivity index (χ3n) is 4.41. The topological polar surface area (TPSA) is 35.2 Å². The van der Waals surface area contributed by atoms with Crippen molar-refractivity contribution in [1.82, 2.24) is 0 Å². The van der Waals surface area contributed by atoms with Crippen LogP contribution < -0.4 is 10.5 Å². The van der Waals surface area contributed by atoms with Gasteiger partial charge in [0.2, 0.25) is 0 Å². The van der Waals surface area contributed by atoms with Crippen molar-refractivity contribution < 1.29 is 17.9 Å². The van der Waals surface area contributed by atoms with E-state index in [0.717, 1.165) is 18.4 Å². The van der Waals surface area contributed by atoms with Crippen molar-refractivity contribution in [2.24, 2.45) is 11.1 Å². The number of rotatable bonds is 3. The Kier molecular flexibility index (Phi) is 3.51. The first-order chi connectivity index (χ1) is 8.76. The average Bonchev–Trinajstić information content (AvgIpc) is 2.34. The molecule has 3 atom stereocenters. The number of benzene rings is 1. The summed E-state index contributed by atoms with van der Waals surface area (Å²) in [6.07, 6.45) is -2.80. The van der Waals surface area contributed by atoms with Gasteiger partial charge in [-0.2, -0.15) is 0 Å². The minimum atomic E-state index is -4.64. The molecule has 1 aliphatic rings. The van der Waals surface area contributed by atoms with Gasteiger partial charge in [0.25, 0.3) is 0 Å². The highest BCUT2D eigenvalue weighted by atomic mass is 19.4. The lowest BCUT2D eigenvalue weighted by atomic mass is 9.54. The molecule has 0 aromatic heterocycles. The first-order valence-electron chi connectivity index (χ1n) is 6.37. The van der Waals surface area contributed by atoms with Gasteiger partial charge in [0.05, 0.1) is 0 Å². The number of nitrogens with two attached hydrogens (primary N) is 1. The second-order valence-electron chi connectivity index (χ2n) is 5.37. The summed E-state index contributed by atoms with van der Waals surface area (Å²) in [4.78, 5) is 0. The summed E-state index contributed by atoms with van der Waals surface area (Å²) >= 11 is 0. The molecule has 106 valence electrons. The molecule has 0 amide bonds. The molecule has 5 heteroatoms. The summed E-state index contributed by atoms with van der Waals surface area (Å²) < 4.78 is 40.1. The van der Waals surface area contributed by atoms with Crippen LogP contribution in [0.3, 0.4) is 0 Å². The molecule has 2 nitrogen and oxygen atoms in total. The monoisotopic (exact) mass is 273 g/mol. The number of halogens is 3. The first kappa shape index (κ1) is 14.2. The summed E-state index contributed by atoms with van der Waals surface area (Å²) in [7, 11) is 0. The summed E-state index contributed by atoms with van der Waals surface area (Å²) in [5.74, 6) is 0.130. The van der Waals surface area contributed by atoms with Crippen molar-refractivity contribution in [3.05, 3.63) is 29.8 Å². The summed E-state index contributed by atoms with van der Waals surface area (Å²) in [6.45, 7) is 4.22. The molecule has 1 saturated carbocycles. The molecule has 0 aliphatic heterocycles. The largest absolute Gasteiger partial charge is 0.573 e. The van der Waals surface area contributed by atoms with Crippen LogP contribution in [-0.4, -0.2) is 12.4 Å². The fourth-order valence-electron chi connectivity index (χ4n) is 2.82. The highest BCUT2D eigenvalue weighted by Crippen LogP contribution is 2.53. The molecule has 0 spiro atoms. The summed E-state index contributed by atoms with van der Waals surface area (Å²) in [5, 5.41) is 0. The zero-order chi connectivity index (χ0) is 14.3. The lowest BCUT2D eigenvalue weighted by molar-refractivity contribution is -0.274. The summed E-state index contributed by atoms with van der Waals surface area (Å²) in [6, 6.07) is 6.29. The number of hydrogen-bond donors (Lipinski definition) is 1. The number of ether oxygens (including phenoxy) is 1. The van der Waals surface area contributed by atoms with Gasteiger partial charge < -0.3 is 10.5 Å². The maximum Gasteiger partial charge on any atom is 0.573 e. The van der Waals surface area contributed by atoms with Crippen LogP contribution in [0.15, 0.2) is 24.3 Å². The van der Waals surface area contributed by atoms with Gasteiger partial charge in [-0.15, -0.1) is 13.2 Å². The molecule has 0 bridgehead atoms. The van der Waals surface area contributed by atoms with Crippen LogP contribution in [0, 0.1) is 5.41 Å². The predicted octanol–water partition coefficient (Wildman–Crippen LogP) is 3.82. The normalized spacial score (nSPS) is 30.8. The van der Waals surface area contributed by atoms with Gasteiger partial charge in [0, 0.05) is 6.04 Å². The Morgan fingerprint density at radius 1 is 1.32 bits per heavy atom. The molecular formula is C14H18F3NO.